The average molecular weight is 447 g/mol. The van der Waals surface area contributed by atoms with Crippen LogP contribution in [0.2, 0.25) is 0 Å². The standard InChI is InChI=1S/C27H34N4O2/c1-29-16-13-27(14-17-29)26(33)28-24(18-21-8-4-2-5-9-21)25(32)31(27)23-12-15-30(20-23)19-22-10-6-3-7-11-22/h2-11,23-24H,12-20H2,1H3,(H,28,33). The van der Waals surface area contributed by atoms with Gasteiger partial charge in [-0.3, -0.25) is 14.5 Å². The molecule has 3 heterocycles. The quantitative estimate of drug-likeness (QED) is 0.766. The molecule has 174 valence electrons. The van der Waals surface area contributed by atoms with Crippen LogP contribution in [0, 0.1) is 0 Å². The van der Waals surface area contributed by atoms with Crippen molar-refractivity contribution in [2.24, 2.45) is 0 Å². The highest BCUT2D eigenvalue weighted by molar-refractivity contribution is 6.00. The van der Waals surface area contributed by atoms with E-state index in [0.29, 0.717) is 19.3 Å². The topological polar surface area (TPSA) is 55.9 Å². The molecule has 2 unspecified atom stereocenters. The Morgan fingerprint density at radius 2 is 1.55 bits per heavy atom. The summed E-state index contributed by atoms with van der Waals surface area (Å²) in [5.74, 6) is 0.132. The van der Waals surface area contributed by atoms with Gasteiger partial charge in [-0.1, -0.05) is 60.7 Å². The van der Waals surface area contributed by atoms with Crippen LogP contribution < -0.4 is 5.32 Å². The first-order chi connectivity index (χ1) is 16.0. The van der Waals surface area contributed by atoms with Gasteiger partial charge in [0.2, 0.25) is 11.8 Å². The maximum absolute atomic E-state index is 14.0. The number of piperazine rings is 1. The minimum Gasteiger partial charge on any atom is -0.342 e. The minimum atomic E-state index is -0.718. The molecule has 3 fully saturated rings. The summed E-state index contributed by atoms with van der Waals surface area (Å²) in [6.45, 7) is 4.32. The summed E-state index contributed by atoms with van der Waals surface area (Å²) in [7, 11) is 2.09. The number of amides is 2. The number of hydrogen-bond acceptors (Lipinski definition) is 4. The van der Waals surface area contributed by atoms with Gasteiger partial charge in [-0.05, 0) is 37.4 Å². The van der Waals surface area contributed by atoms with Gasteiger partial charge >= 0.3 is 0 Å². The van der Waals surface area contributed by atoms with Crippen LogP contribution in [0.3, 0.4) is 0 Å². The van der Waals surface area contributed by atoms with Gasteiger partial charge in [-0.25, -0.2) is 0 Å². The predicted octanol–water partition coefficient (Wildman–Crippen LogP) is 2.29. The normalized spacial score (nSPS) is 26.0. The molecule has 2 aromatic rings. The number of carbonyl (C=O) groups excluding carboxylic acids is 2. The summed E-state index contributed by atoms with van der Waals surface area (Å²) in [5.41, 5.74) is 1.65. The number of piperidine rings is 1. The number of likely N-dealkylation sites (tertiary alicyclic amines) is 2. The van der Waals surface area contributed by atoms with Crippen LogP contribution in [0.4, 0.5) is 0 Å². The van der Waals surface area contributed by atoms with E-state index in [0.717, 1.165) is 44.7 Å². The first-order valence-corrected chi connectivity index (χ1v) is 12.2. The first kappa shape index (κ1) is 22.1. The van der Waals surface area contributed by atoms with E-state index in [-0.39, 0.29) is 17.9 Å². The van der Waals surface area contributed by atoms with E-state index in [1.165, 1.54) is 5.56 Å². The maximum Gasteiger partial charge on any atom is 0.246 e. The Bertz CT molecular complexity index is 972. The van der Waals surface area contributed by atoms with Crippen LogP contribution in [-0.2, 0) is 22.6 Å². The molecule has 33 heavy (non-hydrogen) atoms. The van der Waals surface area contributed by atoms with Gasteiger partial charge in [-0.15, -0.1) is 0 Å². The number of nitrogens with one attached hydrogen (secondary N) is 1. The van der Waals surface area contributed by atoms with Gasteiger partial charge < -0.3 is 15.1 Å². The zero-order chi connectivity index (χ0) is 22.8. The largest absolute Gasteiger partial charge is 0.342 e. The molecule has 3 aliphatic heterocycles. The Hall–Kier alpha value is -2.70. The molecule has 0 aliphatic carbocycles. The molecule has 1 spiro atoms. The lowest BCUT2D eigenvalue weighted by Gasteiger charge is -2.53. The number of hydrogen-bond donors (Lipinski definition) is 1. The van der Waals surface area contributed by atoms with Gasteiger partial charge in [-0.2, -0.15) is 0 Å². The van der Waals surface area contributed by atoms with Gasteiger partial charge in [0.25, 0.3) is 0 Å². The molecule has 0 saturated carbocycles. The summed E-state index contributed by atoms with van der Waals surface area (Å²) >= 11 is 0. The lowest BCUT2D eigenvalue weighted by Crippen LogP contribution is -2.75. The highest BCUT2D eigenvalue weighted by Gasteiger charge is 2.56. The monoisotopic (exact) mass is 446 g/mol. The fourth-order valence-corrected chi connectivity index (χ4v) is 5.82. The van der Waals surface area contributed by atoms with E-state index in [4.69, 9.17) is 0 Å². The second-order valence-corrected chi connectivity index (χ2v) is 9.92. The van der Waals surface area contributed by atoms with Crippen molar-refractivity contribution in [1.29, 1.82) is 0 Å². The molecule has 0 aromatic heterocycles. The van der Waals surface area contributed by atoms with Crippen molar-refractivity contribution in [3.63, 3.8) is 0 Å². The van der Waals surface area contributed by atoms with Crippen LogP contribution in [0.25, 0.3) is 0 Å². The number of carbonyl (C=O) groups is 2. The summed E-state index contributed by atoms with van der Waals surface area (Å²) < 4.78 is 0. The summed E-state index contributed by atoms with van der Waals surface area (Å²) in [5, 5.41) is 3.13. The van der Waals surface area contributed by atoms with Crippen molar-refractivity contribution in [2.45, 2.75) is 49.9 Å². The molecule has 2 atom stereocenters. The van der Waals surface area contributed by atoms with Crippen molar-refractivity contribution < 1.29 is 9.59 Å². The highest BCUT2D eigenvalue weighted by Crippen LogP contribution is 2.37. The fourth-order valence-electron chi connectivity index (χ4n) is 5.82. The highest BCUT2D eigenvalue weighted by atomic mass is 16.2. The fraction of sp³-hybridized carbons (Fsp3) is 0.481. The Morgan fingerprint density at radius 1 is 0.909 bits per heavy atom. The molecule has 3 aliphatic rings. The maximum atomic E-state index is 14.0. The predicted molar refractivity (Wildman–Crippen MR) is 129 cm³/mol. The summed E-state index contributed by atoms with van der Waals surface area (Å²) in [4.78, 5) is 34.3. The van der Waals surface area contributed by atoms with E-state index in [2.05, 4.69) is 46.4 Å². The molecule has 6 nitrogen and oxygen atoms in total. The van der Waals surface area contributed by atoms with E-state index in [9.17, 15) is 9.59 Å². The number of rotatable bonds is 5. The van der Waals surface area contributed by atoms with Gasteiger partial charge in [0.05, 0.1) is 0 Å². The Morgan fingerprint density at radius 3 is 2.21 bits per heavy atom. The van der Waals surface area contributed by atoms with Crippen molar-refractivity contribution >= 4 is 11.8 Å². The second-order valence-electron chi connectivity index (χ2n) is 9.92. The van der Waals surface area contributed by atoms with Crippen LogP contribution >= 0.6 is 0 Å². The molecular formula is C27H34N4O2. The molecule has 6 heteroatoms. The molecule has 3 saturated heterocycles. The average Bonchev–Trinajstić information content (AvgIpc) is 3.28. The lowest BCUT2D eigenvalue weighted by atomic mass is 9.80. The zero-order valence-electron chi connectivity index (χ0n) is 19.5. The van der Waals surface area contributed by atoms with Gasteiger partial charge in [0.1, 0.15) is 11.6 Å². The third kappa shape index (κ3) is 4.42. The lowest BCUT2D eigenvalue weighted by molar-refractivity contribution is -0.164. The SMILES string of the molecule is CN1CCC2(CC1)C(=O)NC(Cc1ccccc1)C(=O)N2C1CCN(Cc2ccccc2)C1. The Labute approximate surface area is 196 Å². The zero-order valence-corrected chi connectivity index (χ0v) is 19.5. The molecule has 2 aromatic carbocycles. The summed E-state index contributed by atoms with van der Waals surface area (Å²) in [6.07, 6.45) is 2.86. The smallest absolute Gasteiger partial charge is 0.246 e. The molecule has 2 amide bonds. The first-order valence-electron chi connectivity index (χ1n) is 12.2. The number of nitrogens with zero attached hydrogens (tertiary/aromatic N) is 3. The molecule has 5 rings (SSSR count). The number of benzene rings is 2. The van der Waals surface area contributed by atoms with Crippen LogP contribution in [-0.4, -0.2) is 77.4 Å². The van der Waals surface area contributed by atoms with E-state index < -0.39 is 11.6 Å². The Balaban J connectivity index is 1.39. The molecule has 0 radical (unpaired) electrons. The van der Waals surface area contributed by atoms with Crippen molar-refractivity contribution in [2.75, 3.05) is 33.2 Å². The Kier molecular flexibility index (Phi) is 6.21. The van der Waals surface area contributed by atoms with E-state index >= 15 is 0 Å². The third-order valence-electron chi connectivity index (χ3n) is 7.68. The second kappa shape index (κ2) is 9.27. The van der Waals surface area contributed by atoms with Crippen LogP contribution in [0.15, 0.2) is 60.7 Å². The molecule has 0 bridgehead atoms. The van der Waals surface area contributed by atoms with Crippen molar-refractivity contribution in [3.05, 3.63) is 71.8 Å². The molecular weight excluding hydrogens is 412 g/mol. The summed E-state index contributed by atoms with van der Waals surface area (Å²) in [6, 6.07) is 20.1. The van der Waals surface area contributed by atoms with Crippen molar-refractivity contribution in [1.82, 2.24) is 20.0 Å². The van der Waals surface area contributed by atoms with E-state index in [1.54, 1.807) is 0 Å². The molecule has 1 N–H and O–H groups in total. The van der Waals surface area contributed by atoms with Gasteiger partial charge in [0, 0.05) is 45.2 Å². The van der Waals surface area contributed by atoms with Crippen molar-refractivity contribution in [3.8, 4) is 0 Å². The van der Waals surface area contributed by atoms with E-state index in [1.807, 2.05) is 41.3 Å². The third-order valence-corrected chi connectivity index (χ3v) is 7.68. The van der Waals surface area contributed by atoms with Crippen LogP contribution in [0.1, 0.15) is 30.4 Å². The van der Waals surface area contributed by atoms with Crippen LogP contribution in [0.5, 0.6) is 0 Å². The van der Waals surface area contributed by atoms with Gasteiger partial charge in [0.15, 0.2) is 0 Å². The minimum absolute atomic E-state index is 0.0395.